The van der Waals surface area contributed by atoms with Gasteiger partial charge in [0.15, 0.2) is 0 Å². The molecule has 3 heterocycles. The Bertz CT molecular complexity index is 1050. The summed E-state index contributed by atoms with van der Waals surface area (Å²) in [6.45, 7) is 2.34. The van der Waals surface area contributed by atoms with E-state index >= 15 is 0 Å². The monoisotopic (exact) mass is 407 g/mol. The van der Waals surface area contributed by atoms with E-state index in [2.05, 4.69) is 15.1 Å². The molecule has 0 bridgehead atoms. The van der Waals surface area contributed by atoms with Gasteiger partial charge < -0.3 is 4.90 Å². The minimum Gasteiger partial charge on any atom is -0.338 e. The molecular formula is C19H17F4N5O. The molecule has 29 heavy (non-hydrogen) atoms. The highest BCUT2D eigenvalue weighted by atomic mass is 19.3. The minimum absolute atomic E-state index is 0.0184. The lowest BCUT2D eigenvalue weighted by molar-refractivity contribution is 0.0655. The molecule has 10 heteroatoms. The van der Waals surface area contributed by atoms with Crippen molar-refractivity contribution in [2.75, 3.05) is 13.1 Å². The molecule has 0 unspecified atom stereocenters. The molecule has 0 aliphatic carbocycles. The van der Waals surface area contributed by atoms with Crippen molar-refractivity contribution in [1.82, 2.24) is 24.5 Å². The summed E-state index contributed by atoms with van der Waals surface area (Å²) < 4.78 is 56.1. The maximum absolute atomic E-state index is 14.1. The summed E-state index contributed by atoms with van der Waals surface area (Å²) in [5.41, 5.74) is -0.618. The highest BCUT2D eigenvalue weighted by Gasteiger charge is 2.34. The van der Waals surface area contributed by atoms with Gasteiger partial charge in [-0.1, -0.05) is 13.0 Å². The summed E-state index contributed by atoms with van der Waals surface area (Å²) in [6, 6.07) is 4.49. The Balaban J connectivity index is 1.71. The normalized spacial score (nSPS) is 19.9. The van der Waals surface area contributed by atoms with Gasteiger partial charge in [0, 0.05) is 19.0 Å². The molecule has 2 aromatic heterocycles. The van der Waals surface area contributed by atoms with Crippen LogP contribution in [-0.4, -0.2) is 43.5 Å². The van der Waals surface area contributed by atoms with Crippen LogP contribution in [0.1, 0.15) is 47.4 Å². The number of fused-ring (bicyclic) bond motifs is 1. The van der Waals surface area contributed by atoms with Crippen LogP contribution in [0, 0.1) is 17.6 Å². The molecule has 1 fully saturated rings. The van der Waals surface area contributed by atoms with Crippen LogP contribution in [0.4, 0.5) is 17.6 Å². The van der Waals surface area contributed by atoms with E-state index in [0.717, 1.165) is 12.1 Å². The zero-order valence-corrected chi connectivity index (χ0v) is 15.4. The minimum atomic E-state index is -2.79. The Hall–Kier alpha value is -3.04. The Morgan fingerprint density at radius 3 is 2.66 bits per heavy atom. The van der Waals surface area contributed by atoms with Gasteiger partial charge in [-0.15, -0.1) is 0 Å². The van der Waals surface area contributed by atoms with Crippen LogP contribution in [0.5, 0.6) is 0 Å². The lowest BCUT2D eigenvalue weighted by Crippen LogP contribution is -2.43. The van der Waals surface area contributed by atoms with E-state index in [1.165, 1.54) is 27.9 Å². The second-order valence-corrected chi connectivity index (χ2v) is 7.10. The molecule has 2 atom stereocenters. The van der Waals surface area contributed by atoms with Crippen LogP contribution in [0.3, 0.4) is 0 Å². The Morgan fingerprint density at radius 1 is 1.24 bits per heavy atom. The summed E-state index contributed by atoms with van der Waals surface area (Å²) in [6.07, 6.45) is -1.04. The summed E-state index contributed by atoms with van der Waals surface area (Å²) in [5.74, 6) is -2.97. The van der Waals surface area contributed by atoms with Gasteiger partial charge in [-0.05, 0) is 30.5 Å². The molecule has 1 aromatic carbocycles. The second-order valence-electron chi connectivity index (χ2n) is 7.10. The maximum Gasteiger partial charge on any atom is 0.280 e. The van der Waals surface area contributed by atoms with E-state index in [9.17, 15) is 22.4 Å². The molecular weight excluding hydrogens is 390 g/mol. The van der Waals surface area contributed by atoms with Crippen molar-refractivity contribution >= 4 is 11.7 Å². The number of carbonyl (C=O) groups excluding carboxylic acids is 1. The number of piperidine rings is 1. The van der Waals surface area contributed by atoms with E-state index in [-0.39, 0.29) is 24.2 Å². The average molecular weight is 407 g/mol. The van der Waals surface area contributed by atoms with Crippen molar-refractivity contribution in [1.29, 1.82) is 0 Å². The third kappa shape index (κ3) is 3.43. The Kier molecular flexibility index (Phi) is 4.93. The van der Waals surface area contributed by atoms with Crippen molar-refractivity contribution in [3.05, 3.63) is 59.2 Å². The Labute approximate surface area is 163 Å². The largest absolute Gasteiger partial charge is 0.338 e. The first kappa shape index (κ1) is 19.3. The molecule has 1 aliphatic rings. The number of benzene rings is 1. The van der Waals surface area contributed by atoms with Crippen LogP contribution < -0.4 is 0 Å². The van der Waals surface area contributed by atoms with Gasteiger partial charge in [-0.2, -0.15) is 10.1 Å². The van der Waals surface area contributed by atoms with Gasteiger partial charge in [0.1, 0.15) is 29.2 Å². The second kappa shape index (κ2) is 7.41. The van der Waals surface area contributed by atoms with Crippen molar-refractivity contribution in [2.24, 2.45) is 5.92 Å². The molecule has 152 valence electrons. The molecule has 4 rings (SSSR count). The molecule has 3 aromatic rings. The number of hydrogen-bond donors (Lipinski definition) is 0. The lowest BCUT2D eigenvalue weighted by Gasteiger charge is -2.37. The van der Waals surface area contributed by atoms with Crippen molar-refractivity contribution < 1.29 is 22.4 Å². The first-order valence-electron chi connectivity index (χ1n) is 9.08. The van der Waals surface area contributed by atoms with Gasteiger partial charge in [-0.3, -0.25) is 4.79 Å². The van der Waals surface area contributed by atoms with Crippen molar-refractivity contribution in [2.45, 2.75) is 25.7 Å². The highest BCUT2D eigenvalue weighted by Crippen LogP contribution is 2.34. The zero-order chi connectivity index (χ0) is 20.7. The van der Waals surface area contributed by atoms with Gasteiger partial charge >= 0.3 is 0 Å². The predicted octanol–water partition coefficient (Wildman–Crippen LogP) is 3.61. The van der Waals surface area contributed by atoms with Crippen LogP contribution in [0.15, 0.2) is 30.6 Å². The van der Waals surface area contributed by atoms with Gasteiger partial charge in [0.25, 0.3) is 18.1 Å². The fourth-order valence-electron chi connectivity index (χ4n) is 3.73. The van der Waals surface area contributed by atoms with E-state index in [1.54, 1.807) is 0 Å². The van der Waals surface area contributed by atoms with Crippen molar-refractivity contribution in [3.8, 4) is 0 Å². The molecule has 6 nitrogen and oxygen atoms in total. The molecule has 1 aliphatic heterocycles. The fraction of sp³-hybridized carbons (Fsp3) is 0.368. The summed E-state index contributed by atoms with van der Waals surface area (Å²) in [5, 5.41) is 4.06. The number of rotatable bonds is 3. The van der Waals surface area contributed by atoms with Gasteiger partial charge in [0.05, 0.1) is 5.69 Å². The van der Waals surface area contributed by atoms with Crippen LogP contribution in [0.2, 0.25) is 0 Å². The molecule has 1 saturated heterocycles. The zero-order valence-electron chi connectivity index (χ0n) is 15.4. The SMILES string of the molecule is C[C@@H]1CCN(C(=O)c2c(F)cccc2F)C[C@H]1c1cc(C(F)F)nc2ncnn12. The smallest absolute Gasteiger partial charge is 0.280 e. The number of halogens is 4. The molecule has 0 N–H and O–H groups in total. The third-order valence-electron chi connectivity index (χ3n) is 5.32. The maximum atomic E-state index is 14.1. The molecule has 0 radical (unpaired) electrons. The fourth-order valence-corrected chi connectivity index (χ4v) is 3.73. The molecule has 0 spiro atoms. The van der Waals surface area contributed by atoms with Crippen LogP contribution in [-0.2, 0) is 0 Å². The first-order valence-corrected chi connectivity index (χ1v) is 9.08. The summed E-state index contributed by atoms with van der Waals surface area (Å²) in [4.78, 5) is 21.8. The molecule has 1 amide bonds. The number of alkyl halides is 2. The first-order chi connectivity index (χ1) is 13.9. The third-order valence-corrected chi connectivity index (χ3v) is 5.32. The molecule has 0 saturated carbocycles. The summed E-state index contributed by atoms with van der Waals surface area (Å²) in [7, 11) is 0. The number of amides is 1. The van der Waals surface area contributed by atoms with Crippen molar-refractivity contribution in [3.63, 3.8) is 0 Å². The topological polar surface area (TPSA) is 63.4 Å². The highest BCUT2D eigenvalue weighted by molar-refractivity contribution is 5.94. The van der Waals surface area contributed by atoms with Gasteiger partial charge in [0.2, 0.25) is 0 Å². The van der Waals surface area contributed by atoms with Gasteiger partial charge in [-0.25, -0.2) is 27.1 Å². The number of aromatic nitrogens is 4. The number of hydrogen-bond acceptors (Lipinski definition) is 4. The number of likely N-dealkylation sites (tertiary alicyclic amines) is 1. The van der Waals surface area contributed by atoms with E-state index < -0.39 is 35.2 Å². The van der Waals surface area contributed by atoms with Crippen LogP contribution >= 0.6 is 0 Å². The Morgan fingerprint density at radius 2 is 1.97 bits per heavy atom. The van der Waals surface area contributed by atoms with Crippen LogP contribution in [0.25, 0.3) is 5.78 Å². The standard InChI is InChI=1S/C19H17F4N5O/c1-10-5-6-27(18(29)16-12(20)3-2-4-13(16)21)8-11(10)15-7-14(17(22)23)26-19-24-9-25-28(15)19/h2-4,7,9-11,17H,5-6,8H2,1H3/t10-,11-/m1/s1. The van der Waals surface area contributed by atoms with E-state index in [0.29, 0.717) is 18.7 Å². The van der Waals surface area contributed by atoms with E-state index in [4.69, 9.17) is 0 Å². The number of carbonyl (C=O) groups is 1. The quantitative estimate of drug-likeness (QED) is 0.623. The number of nitrogens with zero attached hydrogens (tertiary/aromatic N) is 5. The summed E-state index contributed by atoms with van der Waals surface area (Å²) >= 11 is 0. The van der Waals surface area contributed by atoms with E-state index in [1.807, 2.05) is 6.92 Å². The lowest BCUT2D eigenvalue weighted by atomic mass is 9.84. The predicted molar refractivity (Wildman–Crippen MR) is 94.5 cm³/mol. The average Bonchev–Trinajstić information content (AvgIpc) is 3.16.